The Hall–Kier alpha value is -0.990. The van der Waals surface area contributed by atoms with Crippen molar-refractivity contribution >= 4 is 19.8 Å². The number of esters is 2. The van der Waals surface area contributed by atoms with Gasteiger partial charge in [0.25, 0.3) is 7.82 Å². The zero-order valence-corrected chi connectivity index (χ0v) is 34.3. The fourth-order valence-corrected chi connectivity index (χ4v) is 6.56. The van der Waals surface area contributed by atoms with Gasteiger partial charge in [0.1, 0.15) is 19.8 Å². The van der Waals surface area contributed by atoms with Crippen molar-refractivity contribution in [1.29, 1.82) is 0 Å². The number of hydrogen-bond donors (Lipinski definition) is 0. The summed E-state index contributed by atoms with van der Waals surface area (Å²) in [6.45, 7) is 4.24. The molecule has 10 heteroatoms. The van der Waals surface area contributed by atoms with Crippen molar-refractivity contribution in [3.8, 4) is 0 Å². The third-order valence-electron chi connectivity index (χ3n) is 9.13. The van der Waals surface area contributed by atoms with E-state index >= 15 is 0 Å². The van der Waals surface area contributed by atoms with Gasteiger partial charge in [-0.2, -0.15) is 0 Å². The Kier molecular flexibility index (Phi) is 33.2. The number of quaternary nitrogens is 1. The smallest absolute Gasteiger partial charge is 0.306 e. The Labute approximate surface area is 308 Å². The second kappa shape index (κ2) is 33.8. The van der Waals surface area contributed by atoms with Gasteiger partial charge in [0.2, 0.25) is 0 Å². The molecule has 0 radical (unpaired) electrons. The van der Waals surface area contributed by atoms with Crippen molar-refractivity contribution in [3.05, 3.63) is 0 Å². The third-order valence-corrected chi connectivity index (χ3v) is 10.1. The fraction of sp³-hybridized carbons (Fsp3) is 0.950. The van der Waals surface area contributed by atoms with E-state index in [1.54, 1.807) is 0 Å². The molecule has 0 aliphatic carbocycles. The predicted molar refractivity (Wildman–Crippen MR) is 204 cm³/mol. The molecule has 50 heavy (non-hydrogen) atoms. The molecule has 0 saturated heterocycles. The van der Waals surface area contributed by atoms with Crippen LogP contribution in [0.1, 0.15) is 194 Å². The minimum atomic E-state index is -4.61. The maximum atomic E-state index is 12.6. The van der Waals surface area contributed by atoms with Crippen molar-refractivity contribution < 1.29 is 42.1 Å². The van der Waals surface area contributed by atoms with Crippen LogP contribution < -0.4 is 4.89 Å². The predicted octanol–water partition coefficient (Wildman–Crippen LogP) is 10.6. The van der Waals surface area contributed by atoms with E-state index in [9.17, 15) is 19.0 Å². The average Bonchev–Trinajstić information content (AvgIpc) is 3.06. The zero-order chi connectivity index (χ0) is 37.2. The molecule has 0 amide bonds. The summed E-state index contributed by atoms with van der Waals surface area (Å²) >= 11 is 0. The summed E-state index contributed by atoms with van der Waals surface area (Å²) in [7, 11) is 1.18. The second-order valence-corrected chi connectivity index (χ2v) is 16.8. The van der Waals surface area contributed by atoms with Crippen LogP contribution in [0.4, 0.5) is 0 Å². The van der Waals surface area contributed by atoms with Crippen LogP contribution in [0.25, 0.3) is 0 Å². The van der Waals surface area contributed by atoms with E-state index in [0.29, 0.717) is 17.4 Å². The maximum absolute atomic E-state index is 12.6. The molecule has 0 rings (SSSR count). The molecule has 0 aromatic carbocycles. The van der Waals surface area contributed by atoms with Gasteiger partial charge in [-0.05, 0) is 12.8 Å². The molecule has 0 aromatic heterocycles. The molecule has 1 unspecified atom stereocenters. The highest BCUT2D eigenvalue weighted by atomic mass is 31.2. The molecule has 0 fully saturated rings. The summed E-state index contributed by atoms with van der Waals surface area (Å²) < 4.78 is 33.8. The van der Waals surface area contributed by atoms with Crippen molar-refractivity contribution in [2.75, 3.05) is 47.5 Å². The van der Waals surface area contributed by atoms with Crippen LogP contribution >= 0.6 is 7.82 Å². The van der Waals surface area contributed by atoms with Gasteiger partial charge in [0.15, 0.2) is 6.10 Å². The summed E-state index contributed by atoms with van der Waals surface area (Å²) in [6.07, 6.45) is 31.2. The van der Waals surface area contributed by atoms with Crippen LogP contribution in [0.3, 0.4) is 0 Å². The van der Waals surface area contributed by atoms with E-state index in [-0.39, 0.29) is 32.0 Å². The van der Waals surface area contributed by atoms with E-state index in [1.807, 2.05) is 21.1 Å². The number of nitrogens with zero attached hydrogens (tertiary/aromatic N) is 1. The van der Waals surface area contributed by atoms with Gasteiger partial charge in [-0.3, -0.25) is 14.2 Å². The molecule has 0 N–H and O–H groups in total. The number of ether oxygens (including phenoxy) is 2. The molecule has 0 saturated carbocycles. The topological polar surface area (TPSA) is 111 Å². The van der Waals surface area contributed by atoms with Gasteiger partial charge >= 0.3 is 11.9 Å². The van der Waals surface area contributed by atoms with Crippen LogP contribution in [0.5, 0.6) is 0 Å². The van der Waals surface area contributed by atoms with Gasteiger partial charge in [0.05, 0.1) is 27.7 Å². The third kappa shape index (κ3) is 36.8. The molecule has 0 aliphatic heterocycles. The zero-order valence-electron chi connectivity index (χ0n) is 33.4. The standard InChI is InChI=1S/C40H80NO8P/c1-6-8-10-12-14-16-18-20-22-24-26-28-30-32-39(42)46-36-38(37-48-50(44,45)47-35-34-41(3,4)5)49-40(43)33-31-29-27-25-23-21-19-17-15-13-11-9-7-2/h38H,6-37H2,1-5H3/t38-/m1/s1/i39+1,40+1. The Bertz CT molecular complexity index is 835. The first-order valence-electron chi connectivity index (χ1n) is 20.7. The van der Waals surface area contributed by atoms with E-state index in [1.165, 1.54) is 128 Å². The van der Waals surface area contributed by atoms with E-state index in [2.05, 4.69) is 13.8 Å². The summed E-state index contributed by atoms with van der Waals surface area (Å²) in [6, 6.07) is 0. The summed E-state index contributed by atoms with van der Waals surface area (Å²) in [4.78, 5) is 37.4. The highest BCUT2D eigenvalue weighted by Gasteiger charge is 2.21. The largest absolute Gasteiger partial charge is 0.756 e. The van der Waals surface area contributed by atoms with Crippen LogP contribution in [0, 0.1) is 0 Å². The molecule has 9 nitrogen and oxygen atoms in total. The number of unbranched alkanes of at least 4 members (excludes halogenated alkanes) is 24. The molecular formula is C40H80NO8P. The lowest BCUT2D eigenvalue weighted by Crippen LogP contribution is -2.37. The van der Waals surface area contributed by atoms with Gasteiger partial charge in [0, 0.05) is 12.8 Å². The maximum Gasteiger partial charge on any atom is 0.306 e. The molecule has 2 atom stereocenters. The Balaban J connectivity index is 4.36. The van der Waals surface area contributed by atoms with Crippen LogP contribution in [0.15, 0.2) is 0 Å². The molecular weight excluding hydrogens is 655 g/mol. The van der Waals surface area contributed by atoms with Crippen molar-refractivity contribution in [3.63, 3.8) is 0 Å². The van der Waals surface area contributed by atoms with Crippen LogP contribution in [-0.2, 0) is 32.7 Å². The Morgan fingerprint density at radius 1 is 0.540 bits per heavy atom. The van der Waals surface area contributed by atoms with Gasteiger partial charge in [-0.15, -0.1) is 0 Å². The molecule has 298 valence electrons. The van der Waals surface area contributed by atoms with E-state index < -0.39 is 26.5 Å². The number of likely N-dealkylation sites (N-methyl/N-ethyl adjacent to an activating group) is 1. The average molecular weight is 736 g/mol. The van der Waals surface area contributed by atoms with Gasteiger partial charge in [-0.1, -0.05) is 168 Å². The molecule has 0 aliphatic rings. The van der Waals surface area contributed by atoms with Crippen LogP contribution in [0.2, 0.25) is 0 Å². The molecule has 0 aromatic rings. The Morgan fingerprint density at radius 3 is 1.28 bits per heavy atom. The minimum absolute atomic E-state index is 0.0259. The lowest BCUT2D eigenvalue weighted by Gasteiger charge is -2.28. The summed E-state index contributed by atoms with van der Waals surface area (Å²) in [5, 5.41) is 0. The lowest BCUT2D eigenvalue weighted by atomic mass is 10.0. The second-order valence-electron chi connectivity index (χ2n) is 15.4. The fourth-order valence-electron chi connectivity index (χ4n) is 5.83. The molecule has 0 bridgehead atoms. The first-order chi connectivity index (χ1) is 24.0. The van der Waals surface area contributed by atoms with Crippen molar-refractivity contribution in [2.24, 2.45) is 0 Å². The van der Waals surface area contributed by atoms with Crippen LogP contribution in [-0.4, -0.2) is 70.0 Å². The Morgan fingerprint density at radius 2 is 0.900 bits per heavy atom. The first kappa shape index (κ1) is 49.0. The monoisotopic (exact) mass is 736 g/mol. The number of phosphoric acid groups is 1. The molecule has 0 spiro atoms. The highest BCUT2D eigenvalue weighted by Crippen LogP contribution is 2.38. The first-order valence-corrected chi connectivity index (χ1v) is 22.2. The number of phosphoric ester groups is 1. The SMILES string of the molecule is CCCCCCCCCCCCCCC[13C](=O)OC[C@H](COP(=O)([O-])OCC[N+](C)(C)C)O[13C](=O)CCCCCCCCCCCCCCC. The normalized spacial score (nSPS) is 13.6. The molecule has 0 heterocycles. The number of carbonyl (C=O) groups excluding carboxylic acids is 2. The number of rotatable bonds is 38. The lowest BCUT2D eigenvalue weighted by molar-refractivity contribution is -0.870. The van der Waals surface area contributed by atoms with E-state index in [0.717, 1.165) is 32.1 Å². The summed E-state index contributed by atoms with van der Waals surface area (Å²) in [5.41, 5.74) is 0. The van der Waals surface area contributed by atoms with Gasteiger partial charge in [-0.25, -0.2) is 0 Å². The summed E-state index contributed by atoms with van der Waals surface area (Å²) in [5.74, 6) is -0.823. The number of carbonyl (C=O) groups is 2. The van der Waals surface area contributed by atoms with Gasteiger partial charge < -0.3 is 27.9 Å². The minimum Gasteiger partial charge on any atom is -0.756 e. The highest BCUT2D eigenvalue weighted by molar-refractivity contribution is 7.45. The van der Waals surface area contributed by atoms with Crippen molar-refractivity contribution in [2.45, 2.75) is 200 Å². The van der Waals surface area contributed by atoms with E-state index in [4.69, 9.17) is 18.5 Å². The quantitative estimate of drug-likeness (QED) is 0.0203. The number of hydrogen-bond acceptors (Lipinski definition) is 8. The van der Waals surface area contributed by atoms with Crippen molar-refractivity contribution in [1.82, 2.24) is 0 Å².